The average Bonchev–Trinajstić information content (AvgIpc) is 2.95. The Kier molecular flexibility index (Phi) is 3.72. The van der Waals surface area contributed by atoms with Crippen molar-refractivity contribution >= 4 is 5.82 Å². The Labute approximate surface area is 116 Å². The summed E-state index contributed by atoms with van der Waals surface area (Å²) in [6.07, 6.45) is 10.1. The number of aromatic nitrogens is 2. The number of aryl methyl sites for hydroxylation is 1. The van der Waals surface area contributed by atoms with Crippen LogP contribution in [0.5, 0.6) is 0 Å². The SMILES string of the molecule is CCC1CCC(c2nc3c(c(NC)n2)CCCC3)C1. The molecule has 2 unspecified atom stereocenters. The number of nitrogens with zero attached hydrogens (tertiary/aromatic N) is 2. The largest absolute Gasteiger partial charge is 0.373 e. The van der Waals surface area contributed by atoms with Gasteiger partial charge in [-0.1, -0.05) is 13.3 Å². The Morgan fingerprint density at radius 3 is 2.74 bits per heavy atom. The predicted molar refractivity (Wildman–Crippen MR) is 78.6 cm³/mol. The van der Waals surface area contributed by atoms with E-state index >= 15 is 0 Å². The Morgan fingerprint density at radius 2 is 2.00 bits per heavy atom. The highest BCUT2D eigenvalue weighted by molar-refractivity contribution is 5.47. The van der Waals surface area contributed by atoms with Crippen molar-refractivity contribution in [3.63, 3.8) is 0 Å². The lowest BCUT2D eigenvalue weighted by molar-refractivity contribution is 0.515. The first-order chi connectivity index (χ1) is 9.31. The van der Waals surface area contributed by atoms with E-state index in [1.165, 1.54) is 49.8 Å². The van der Waals surface area contributed by atoms with Crippen LogP contribution in [0.4, 0.5) is 5.82 Å². The molecule has 1 saturated carbocycles. The van der Waals surface area contributed by atoms with Crippen molar-refractivity contribution in [1.29, 1.82) is 0 Å². The molecule has 1 fully saturated rings. The monoisotopic (exact) mass is 259 g/mol. The molecular formula is C16H25N3. The van der Waals surface area contributed by atoms with Crippen LogP contribution in [0.1, 0.15) is 68.4 Å². The van der Waals surface area contributed by atoms with Crippen molar-refractivity contribution in [3.8, 4) is 0 Å². The summed E-state index contributed by atoms with van der Waals surface area (Å²) in [4.78, 5) is 9.75. The van der Waals surface area contributed by atoms with E-state index in [1.807, 2.05) is 7.05 Å². The number of rotatable bonds is 3. The van der Waals surface area contributed by atoms with Gasteiger partial charge in [0.25, 0.3) is 0 Å². The summed E-state index contributed by atoms with van der Waals surface area (Å²) in [6, 6.07) is 0. The summed E-state index contributed by atoms with van der Waals surface area (Å²) in [5.74, 6) is 3.70. The molecule has 104 valence electrons. The van der Waals surface area contributed by atoms with Gasteiger partial charge in [-0.15, -0.1) is 0 Å². The van der Waals surface area contributed by atoms with Gasteiger partial charge >= 0.3 is 0 Å². The second kappa shape index (κ2) is 5.48. The van der Waals surface area contributed by atoms with E-state index in [0.717, 1.165) is 30.4 Å². The van der Waals surface area contributed by atoms with Crippen LogP contribution in [0, 0.1) is 5.92 Å². The number of anilines is 1. The number of hydrogen-bond acceptors (Lipinski definition) is 3. The van der Waals surface area contributed by atoms with Crippen LogP contribution in [0.15, 0.2) is 0 Å². The quantitative estimate of drug-likeness (QED) is 0.899. The first-order valence-corrected chi connectivity index (χ1v) is 7.89. The third kappa shape index (κ3) is 2.47. The first kappa shape index (κ1) is 12.9. The minimum absolute atomic E-state index is 0.601. The van der Waals surface area contributed by atoms with Crippen LogP contribution in [0.3, 0.4) is 0 Å². The van der Waals surface area contributed by atoms with Crippen molar-refractivity contribution in [2.24, 2.45) is 5.92 Å². The van der Waals surface area contributed by atoms with Gasteiger partial charge < -0.3 is 5.32 Å². The first-order valence-electron chi connectivity index (χ1n) is 7.89. The highest BCUT2D eigenvalue weighted by Gasteiger charge is 2.28. The highest BCUT2D eigenvalue weighted by Crippen LogP contribution is 2.39. The van der Waals surface area contributed by atoms with Gasteiger partial charge in [-0.05, 0) is 50.9 Å². The van der Waals surface area contributed by atoms with Crippen molar-refractivity contribution in [2.75, 3.05) is 12.4 Å². The Morgan fingerprint density at radius 1 is 1.16 bits per heavy atom. The Hall–Kier alpha value is -1.12. The summed E-state index contributed by atoms with van der Waals surface area (Å²) >= 11 is 0. The molecule has 3 nitrogen and oxygen atoms in total. The molecule has 0 bridgehead atoms. The third-order valence-electron chi connectivity index (χ3n) is 4.92. The molecule has 2 aliphatic rings. The van der Waals surface area contributed by atoms with E-state index < -0.39 is 0 Å². The van der Waals surface area contributed by atoms with Gasteiger partial charge in [0.1, 0.15) is 11.6 Å². The second-order valence-electron chi connectivity index (χ2n) is 6.10. The zero-order valence-corrected chi connectivity index (χ0v) is 12.2. The van der Waals surface area contributed by atoms with Gasteiger partial charge in [0.2, 0.25) is 0 Å². The lowest BCUT2D eigenvalue weighted by Crippen LogP contribution is -2.14. The highest BCUT2D eigenvalue weighted by atomic mass is 15.0. The van der Waals surface area contributed by atoms with E-state index in [9.17, 15) is 0 Å². The molecule has 2 aliphatic carbocycles. The minimum atomic E-state index is 0.601. The van der Waals surface area contributed by atoms with Gasteiger partial charge in [0.15, 0.2) is 0 Å². The van der Waals surface area contributed by atoms with Crippen LogP contribution in [0.25, 0.3) is 0 Å². The molecule has 0 aliphatic heterocycles. The van der Waals surface area contributed by atoms with Gasteiger partial charge in [0, 0.05) is 24.2 Å². The second-order valence-corrected chi connectivity index (χ2v) is 6.10. The third-order valence-corrected chi connectivity index (χ3v) is 4.92. The molecule has 0 spiro atoms. The topological polar surface area (TPSA) is 37.8 Å². The molecule has 1 N–H and O–H groups in total. The van der Waals surface area contributed by atoms with Crippen LogP contribution < -0.4 is 5.32 Å². The molecule has 0 aromatic carbocycles. The molecule has 19 heavy (non-hydrogen) atoms. The number of nitrogens with one attached hydrogen (secondary N) is 1. The fourth-order valence-corrected chi connectivity index (χ4v) is 3.68. The van der Waals surface area contributed by atoms with Crippen LogP contribution in [-0.4, -0.2) is 17.0 Å². The summed E-state index contributed by atoms with van der Waals surface area (Å²) < 4.78 is 0. The van der Waals surface area contributed by atoms with E-state index in [4.69, 9.17) is 9.97 Å². The summed E-state index contributed by atoms with van der Waals surface area (Å²) in [7, 11) is 1.99. The lowest BCUT2D eigenvalue weighted by Gasteiger charge is -2.20. The molecule has 1 heterocycles. The number of fused-ring (bicyclic) bond motifs is 1. The molecule has 3 rings (SSSR count). The van der Waals surface area contributed by atoms with Crippen LogP contribution >= 0.6 is 0 Å². The van der Waals surface area contributed by atoms with Gasteiger partial charge in [-0.25, -0.2) is 9.97 Å². The molecule has 1 aromatic rings. The van der Waals surface area contributed by atoms with E-state index in [2.05, 4.69) is 12.2 Å². The van der Waals surface area contributed by atoms with Crippen molar-refractivity contribution in [3.05, 3.63) is 17.1 Å². The van der Waals surface area contributed by atoms with Gasteiger partial charge in [-0.2, -0.15) is 0 Å². The number of hydrogen-bond donors (Lipinski definition) is 1. The average molecular weight is 259 g/mol. The molecule has 2 atom stereocenters. The molecule has 0 saturated heterocycles. The normalized spacial score (nSPS) is 26.2. The Balaban J connectivity index is 1.90. The predicted octanol–water partition coefficient (Wildman–Crippen LogP) is 3.69. The lowest BCUT2D eigenvalue weighted by atomic mass is 9.95. The fourth-order valence-electron chi connectivity index (χ4n) is 3.68. The molecule has 1 aromatic heterocycles. The molecule has 0 amide bonds. The fraction of sp³-hybridized carbons (Fsp3) is 0.750. The van der Waals surface area contributed by atoms with E-state index in [1.54, 1.807) is 0 Å². The summed E-state index contributed by atoms with van der Waals surface area (Å²) in [5.41, 5.74) is 2.70. The maximum Gasteiger partial charge on any atom is 0.134 e. The van der Waals surface area contributed by atoms with Gasteiger partial charge in [0.05, 0.1) is 0 Å². The minimum Gasteiger partial charge on any atom is -0.373 e. The van der Waals surface area contributed by atoms with Crippen LogP contribution in [-0.2, 0) is 12.8 Å². The molecule has 3 heteroatoms. The zero-order chi connectivity index (χ0) is 13.2. The van der Waals surface area contributed by atoms with E-state index in [0.29, 0.717) is 5.92 Å². The van der Waals surface area contributed by atoms with Crippen molar-refractivity contribution in [2.45, 2.75) is 64.2 Å². The summed E-state index contributed by atoms with van der Waals surface area (Å²) in [6.45, 7) is 2.31. The standard InChI is InChI=1S/C16H25N3/c1-3-11-8-9-12(10-11)15-18-14-7-5-4-6-13(14)16(17-2)19-15/h11-12H,3-10H2,1-2H3,(H,17,18,19). The summed E-state index contributed by atoms with van der Waals surface area (Å²) in [5, 5.41) is 3.29. The van der Waals surface area contributed by atoms with Gasteiger partial charge in [-0.3, -0.25) is 0 Å². The maximum absolute atomic E-state index is 4.92. The van der Waals surface area contributed by atoms with Crippen molar-refractivity contribution in [1.82, 2.24) is 9.97 Å². The molecule has 0 radical (unpaired) electrons. The molecular weight excluding hydrogens is 234 g/mol. The van der Waals surface area contributed by atoms with E-state index in [-0.39, 0.29) is 0 Å². The van der Waals surface area contributed by atoms with Crippen molar-refractivity contribution < 1.29 is 0 Å². The zero-order valence-electron chi connectivity index (χ0n) is 12.2. The Bertz CT molecular complexity index is 438. The van der Waals surface area contributed by atoms with Crippen LogP contribution in [0.2, 0.25) is 0 Å². The smallest absolute Gasteiger partial charge is 0.134 e. The maximum atomic E-state index is 4.92.